The van der Waals surface area contributed by atoms with Gasteiger partial charge in [0, 0.05) is 42.8 Å². The van der Waals surface area contributed by atoms with Crippen molar-refractivity contribution in [1.29, 1.82) is 0 Å². The molecule has 3 heterocycles. The molecule has 116 valence electrons. The van der Waals surface area contributed by atoms with Crippen LogP contribution in [0.2, 0.25) is 0 Å². The maximum Gasteiger partial charge on any atom is 0.205 e. The molecule has 2 aromatic rings. The van der Waals surface area contributed by atoms with Crippen molar-refractivity contribution in [2.45, 2.75) is 44.1 Å². The molecule has 7 heteroatoms. The van der Waals surface area contributed by atoms with Crippen LogP contribution in [0.15, 0.2) is 18.6 Å². The summed E-state index contributed by atoms with van der Waals surface area (Å²) < 4.78 is 4.56. The van der Waals surface area contributed by atoms with E-state index in [2.05, 4.69) is 24.6 Å². The fourth-order valence-electron chi connectivity index (χ4n) is 2.99. The number of anilines is 2. The van der Waals surface area contributed by atoms with E-state index in [4.69, 9.17) is 4.98 Å². The molecule has 4 rings (SSSR count). The molecule has 1 N–H and O–H groups in total. The Kier molecular flexibility index (Phi) is 3.88. The maximum atomic E-state index is 4.76. The third kappa shape index (κ3) is 2.90. The van der Waals surface area contributed by atoms with E-state index in [0.717, 1.165) is 42.7 Å². The van der Waals surface area contributed by atoms with Gasteiger partial charge in [0.15, 0.2) is 0 Å². The monoisotopic (exact) mass is 316 g/mol. The Bertz CT molecular complexity index is 604. The molecule has 0 aromatic carbocycles. The molecule has 0 spiro atoms. The zero-order valence-corrected chi connectivity index (χ0v) is 13.3. The van der Waals surface area contributed by atoms with Crippen LogP contribution in [0, 0.1) is 0 Å². The van der Waals surface area contributed by atoms with Crippen LogP contribution >= 0.6 is 11.5 Å². The van der Waals surface area contributed by atoms with Gasteiger partial charge in [0.05, 0.1) is 0 Å². The molecule has 0 bridgehead atoms. The topological polar surface area (TPSA) is 66.8 Å². The second-order valence-corrected chi connectivity index (χ2v) is 6.79. The molecule has 2 aliphatic rings. The highest BCUT2D eigenvalue weighted by molar-refractivity contribution is 7.09. The van der Waals surface area contributed by atoms with Crippen molar-refractivity contribution in [3.05, 3.63) is 24.4 Å². The number of hydrogen-bond acceptors (Lipinski definition) is 7. The van der Waals surface area contributed by atoms with Crippen LogP contribution < -0.4 is 10.2 Å². The second-order valence-electron chi connectivity index (χ2n) is 6.06. The summed E-state index contributed by atoms with van der Waals surface area (Å²) in [5.74, 6) is 2.62. The lowest BCUT2D eigenvalue weighted by Crippen LogP contribution is -2.39. The van der Waals surface area contributed by atoms with Crippen LogP contribution in [0.3, 0.4) is 0 Å². The van der Waals surface area contributed by atoms with Gasteiger partial charge in [-0.2, -0.15) is 4.37 Å². The van der Waals surface area contributed by atoms with Crippen LogP contribution in [0.4, 0.5) is 10.9 Å². The van der Waals surface area contributed by atoms with Crippen molar-refractivity contribution >= 4 is 22.5 Å². The number of piperidine rings is 1. The molecule has 0 radical (unpaired) electrons. The predicted octanol–water partition coefficient (Wildman–Crippen LogP) is 2.68. The molecule has 0 amide bonds. The molecular formula is C15H20N6S. The van der Waals surface area contributed by atoms with E-state index >= 15 is 0 Å². The summed E-state index contributed by atoms with van der Waals surface area (Å²) >= 11 is 1.56. The van der Waals surface area contributed by atoms with Crippen LogP contribution in [0.25, 0.3) is 0 Å². The van der Waals surface area contributed by atoms with E-state index in [1.54, 1.807) is 24.1 Å². The molecule has 1 saturated heterocycles. The number of hydrogen-bond donors (Lipinski definition) is 1. The van der Waals surface area contributed by atoms with Crippen molar-refractivity contribution in [3.8, 4) is 0 Å². The molecule has 1 aliphatic carbocycles. The summed E-state index contributed by atoms with van der Waals surface area (Å²) in [5, 5.41) is 4.58. The van der Waals surface area contributed by atoms with Crippen molar-refractivity contribution in [3.63, 3.8) is 0 Å². The summed E-state index contributed by atoms with van der Waals surface area (Å²) in [6.45, 7) is 2.06. The molecule has 2 fully saturated rings. The summed E-state index contributed by atoms with van der Waals surface area (Å²) in [7, 11) is 0. The minimum atomic E-state index is 0.477. The Morgan fingerprint density at radius 1 is 1.18 bits per heavy atom. The first-order chi connectivity index (χ1) is 10.9. The largest absolute Gasteiger partial charge is 0.367 e. The summed E-state index contributed by atoms with van der Waals surface area (Å²) in [4.78, 5) is 15.3. The summed E-state index contributed by atoms with van der Waals surface area (Å²) in [6, 6.07) is 2.40. The third-order valence-corrected chi connectivity index (χ3v) is 5.39. The molecule has 1 saturated carbocycles. The lowest BCUT2D eigenvalue weighted by atomic mass is 9.85. The van der Waals surface area contributed by atoms with Gasteiger partial charge in [-0.05, 0) is 31.7 Å². The first kappa shape index (κ1) is 13.9. The Balaban J connectivity index is 1.32. The quantitative estimate of drug-likeness (QED) is 0.935. The van der Waals surface area contributed by atoms with E-state index < -0.39 is 0 Å². The Morgan fingerprint density at radius 3 is 2.73 bits per heavy atom. The van der Waals surface area contributed by atoms with Gasteiger partial charge < -0.3 is 10.2 Å². The molecule has 0 unspecified atom stereocenters. The van der Waals surface area contributed by atoms with Gasteiger partial charge >= 0.3 is 0 Å². The molecule has 6 nitrogen and oxygen atoms in total. The van der Waals surface area contributed by atoms with Crippen LogP contribution in [-0.2, 0) is 0 Å². The Labute approximate surface area is 134 Å². The number of nitrogens with one attached hydrogen (secondary N) is 1. The minimum Gasteiger partial charge on any atom is -0.367 e. The molecule has 1 aliphatic heterocycles. The normalized spacial score (nSPS) is 19.9. The van der Waals surface area contributed by atoms with Crippen LogP contribution in [-0.4, -0.2) is 38.5 Å². The number of rotatable bonds is 4. The second kappa shape index (κ2) is 6.16. The van der Waals surface area contributed by atoms with E-state index in [-0.39, 0.29) is 0 Å². The van der Waals surface area contributed by atoms with Crippen molar-refractivity contribution in [1.82, 2.24) is 19.3 Å². The van der Waals surface area contributed by atoms with Crippen molar-refractivity contribution in [2.75, 3.05) is 23.3 Å². The van der Waals surface area contributed by atoms with Crippen molar-refractivity contribution < 1.29 is 0 Å². The lowest BCUT2D eigenvalue weighted by Gasteiger charge is -2.32. The third-order valence-electron chi connectivity index (χ3n) is 4.60. The van der Waals surface area contributed by atoms with Gasteiger partial charge in [-0.25, -0.2) is 15.0 Å². The molecule has 2 aromatic heterocycles. The van der Waals surface area contributed by atoms with Crippen molar-refractivity contribution in [2.24, 2.45) is 0 Å². The highest BCUT2D eigenvalue weighted by Crippen LogP contribution is 2.36. The van der Waals surface area contributed by atoms with Crippen LogP contribution in [0.1, 0.15) is 43.8 Å². The summed E-state index contributed by atoms with van der Waals surface area (Å²) in [6.07, 6.45) is 9.42. The fourth-order valence-corrected chi connectivity index (χ4v) is 3.78. The highest BCUT2D eigenvalue weighted by Gasteiger charge is 2.26. The van der Waals surface area contributed by atoms with E-state index in [9.17, 15) is 0 Å². The number of aromatic nitrogens is 4. The first-order valence-corrected chi connectivity index (χ1v) is 8.77. The first-order valence-electron chi connectivity index (χ1n) is 7.99. The Hall–Kier alpha value is -1.76. The summed E-state index contributed by atoms with van der Waals surface area (Å²) in [5.41, 5.74) is 0. The maximum absolute atomic E-state index is 4.76. The molecule has 0 atom stereocenters. The van der Waals surface area contributed by atoms with E-state index in [1.165, 1.54) is 19.3 Å². The van der Waals surface area contributed by atoms with Gasteiger partial charge in [-0.15, -0.1) is 0 Å². The van der Waals surface area contributed by atoms with E-state index in [1.807, 2.05) is 6.07 Å². The SMILES string of the molecule is c1cc(NC2CCN(c3nc(C4CCC4)ns3)CC2)ncn1. The van der Waals surface area contributed by atoms with Gasteiger partial charge in [-0.3, -0.25) is 0 Å². The van der Waals surface area contributed by atoms with Gasteiger partial charge in [0.1, 0.15) is 18.0 Å². The van der Waals surface area contributed by atoms with E-state index in [0.29, 0.717) is 12.0 Å². The lowest BCUT2D eigenvalue weighted by molar-refractivity contribution is 0.404. The predicted molar refractivity (Wildman–Crippen MR) is 87.4 cm³/mol. The average Bonchev–Trinajstić information content (AvgIpc) is 2.97. The standard InChI is InChI=1S/C15H20N6S/c1-2-11(3-1)14-19-15(22-20-14)21-8-5-12(6-9-21)18-13-4-7-16-10-17-13/h4,7,10-12H,1-3,5-6,8-9H2,(H,16,17,18). The number of nitrogens with zero attached hydrogens (tertiary/aromatic N) is 5. The van der Waals surface area contributed by atoms with Gasteiger partial charge in [0.25, 0.3) is 0 Å². The zero-order valence-electron chi connectivity index (χ0n) is 12.5. The minimum absolute atomic E-state index is 0.477. The average molecular weight is 316 g/mol. The zero-order chi connectivity index (χ0) is 14.8. The molecular weight excluding hydrogens is 296 g/mol. The highest BCUT2D eigenvalue weighted by atomic mass is 32.1. The van der Waals surface area contributed by atoms with Gasteiger partial charge in [-0.1, -0.05) is 6.42 Å². The smallest absolute Gasteiger partial charge is 0.205 e. The fraction of sp³-hybridized carbons (Fsp3) is 0.600. The Morgan fingerprint density at radius 2 is 2.05 bits per heavy atom. The van der Waals surface area contributed by atoms with Crippen LogP contribution in [0.5, 0.6) is 0 Å². The molecule has 22 heavy (non-hydrogen) atoms. The van der Waals surface area contributed by atoms with Gasteiger partial charge in [0.2, 0.25) is 5.13 Å².